The highest BCUT2D eigenvalue weighted by Gasteiger charge is 2.19. The van der Waals surface area contributed by atoms with Crippen molar-refractivity contribution in [3.8, 4) is 0 Å². The molecule has 206 valence electrons. The molecule has 3 rings (SSSR count). The molecule has 0 radical (unpaired) electrons. The number of urea groups is 1. The summed E-state index contributed by atoms with van der Waals surface area (Å²) in [5.41, 5.74) is 2.69. The van der Waals surface area contributed by atoms with Crippen LogP contribution in [0.4, 0.5) is 19.3 Å². The third-order valence-corrected chi connectivity index (χ3v) is 6.82. The highest BCUT2D eigenvalue weighted by Crippen LogP contribution is 2.24. The van der Waals surface area contributed by atoms with E-state index in [1.807, 2.05) is 5.32 Å². The molecule has 39 heavy (non-hydrogen) atoms. The molecule has 0 aliphatic carbocycles. The van der Waals surface area contributed by atoms with Gasteiger partial charge >= 0.3 is 6.03 Å². The quantitative estimate of drug-likeness (QED) is 0.124. The zero-order chi connectivity index (χ0) is 28.4. The van der Waals surface area contributed by atoms with Crippen LogP contribution in [0, 0.1) is 11.6 Å². The van der Waals surface area contributed by atoms with E-state index in [9.17, 15) is 18.4 Å². The van der Waals surface area contributed by atoms with Crippen molar-refractivity contribution in [2.24, 2.45) is 5.16 Å². The molecule has 3 aromatic rings. The van der Waals surface area contributed by atoms with Crippen molar-refractivity contribution in [1.82, 2.24) is 5.32 Å². The molecule has 0 aliphatic heterocycles. The van der Waals surface area contributed by atoms with Crippen molar-refractivity contribution >= 4 is 34.4 Å². The Labute approximate surface area is 232 Å². The van der Waals surface area contributed by atoms with Gasteiger partial charge in [-0.2, -0.15) is 0 Å². The summed E-state index contributed by atoms with van der Waals surface area (Å²) >= 11 is 1.66. The van der Waals surface area contributed by atoms with Gasteiger partial charge in [-0.1, -0.05) is 81.7 Å². The molecule has 0 atom stereocenters. The number of benzene rings is 3. The molecule has 0 aliphatic rings. The summed E-state index contributed by atoms with van der Waals surface area (Å²) in [5.74, 6) is -2.34. The fourth-order valence-corrected chi connectivity index (χ4v) is 4.52. The Morgan fingerprint density at radius 3 is 2.18 bits per heavy atom. The molecule has 0 aromatic heterocycles. The van der Waals surface area contributed by atoms with E-state index >= 15 is 0 Å². The fourth-order valence-electron chi connectivity index (χ4n) is 3.48. The maximum absolute atomic E-state index is 13.8. The minimum absolute atomic E-state index is 0.0661. The molecule has 0 saturated carbocycles. The van der Waals surface area contributed by atoms with Crippen molar-refractivity contribution in [3.63, 3.8) is 0 Å². The third-order valence-electron chi connectivity index (χ3n) is 5.74. The molecule has 2 N–H and O–H groups in total. The normalized spacial score (nSPS) is 11.7. The van der Waals surface area contributed by atoms with Crippen LogP contribution < -0.4 is 10.6 Å². The standard InChI is InChI=1S/C30H33F2N3O3S/c1-5-6-18-39-28(21-12-14-22(15-13-21)30(2,3)4)35-38-19-20-10-16-23(17-11-20)33-29(37)34-27(36)26-24(31)8-7-9-25(26)32/h7-17H,5-6,18-19H2,1-4H3,(H2,33,34,36,37)/b35-28+. The van der Waals surface area contributed by atoms with Gasteiger partial charge in [-0.25, -0.2) is 13.6 Å². The van der Waals surface area contributed by atoms with Crippen LogP contribution in [0.5, 0.6) is 0 Å². The Hall–Kier alpha value is -3.72. The number of oxime groups is 1. The second-order valence-corrected chi connectivity index (χ2v) is 11.0. The molecule has 0 bridgehead atoms. The summed E-state index contributed by atoms with van der Waals surface area (Å²) in [6.45, 7) is 8.89. The second-order valence-electron chi connectivity index (χ2n) is 9.90. The smallest absolute Gasteiger partial charge is 0.326 e. The first-order chi connectivity index (χ1) is 18.6. The average molecular weight is 554 g/mol. The lowest BCUT2D eigenvalue weighted by molar-refractivity contribution is 0.0959. The lowest BCUT2D eigenvalue weighted by Crippen LogP contribution is -2.35. The van der Waals surface area contributed by atoms with E-state index in [1.54, 1.807) is 36.0 Å². The topological polar surface area (TPSA) is 79.8 Å². The molecular weight excluding hydrogens is 520 g/mol. The van der Waals surface area contributed by atoms with Gasteiger partial charge in [-0.05, 0) is 53.0 Å². The molecule has 0 fully saturated rings. The van der Waals surface area contributed by atoms with Gasteiger partial charge in [0.2, 0.25) is 0 Å². The highest BCUT2D eigenvalue weighted by atomic mass is 32.2. The van der Waals surface area contributed by atoms with Crippen molar-refractivity contribution in [3.05, 3.63) is 101 Å². The van der Waals surface area contributed by atoms with E-state index < -0.39 is 29.1 Å². The lowest BCUT2D eigenvalue weighted by Gasteiger charge is -2.19. The zero-order valence-electron chi connectivity index (χ0n) is 22.5. The summed E-state index contributed by atoms with van der Waals surface area (Å²) in [6, 6.07) is 17.2. The molecule has 0 unspecified atom stereocenters. The van der Waals surface area contributed by atoms with Crippen LogP contribution in [0.2, 0.25) is 0 Å². The first-order valence-electron chi connectivity index (χ1n) is 12.7. The molecule has 0 heterocycles. The number of hydrogen-bond acceptors (Lipinski definition) is 5. The number of hydrogen-bond donors (Lipinski definition) is 2. The molecule has 6 nitrogen and oxygen atoms in total. The van der Waals surface area contributed by atoms with Crippen LogP contribution in [-0.2, 0) is 16.9 Å². The number of nitrogens with zero attached hydrogens (tertiary/aromatic N) is 1. The van der Waals surface area contributed by atoms with Crippen molar-refractivity contribution < 1.29 is 23.2 Å². The lowest BCUT2D eigenvalue weighted by atomic mass is 9.87. The number of carbonyl (C=O) groups is 2. The van der Waals surface area contributed by atoms with Crippen LogP contribution in [-0.4, -0.2) is 22.7 Å². The Morgan fingerprint density at radius 2 is 1.59 bits per heavy atom. The SMILES string of the molecule is CCCCS/C(=N/OCc1ccc(NC(=O)NC(=O)c2c(F)cccc2F)cc1)c1ccc(C(C)(C)C)cc1. The van der Waals surface area contributed by atoms with Gasteiger partial charge < -0.3 is 10.2 Å². The predicted molar refractivity (Wildman–Crippen MR) is 153 cm³/mol. The van der Waals surface area contributed by atoms with E-state index in [0.29, 0.717) is 5.69 Å². The molecular formula is C30H33F2N3O3S. The van der Waals surface area contributed by atoms with Gasteiger partial charge in [-0.3, -0.25) is 10.1 Å². The van der Waals surface area contributed by atoms with E-state index in [4.69, 9.17) is 4.84 Å². The van der Waals surface area contributed by atoms with Gasteiger partial charge in [0, 0.05) is 11.3 Å². The minimum Gasteiger partial charge on any atom is -0.390 e. The number of unbranched alkanes of at least 4 members (excludes halogenated alkanes) is 1. The maximum Gasteiger partial charge on any atom is 0.326 e. The van der Waals surface area contributed by atoms with Gasteiger partial charge in [0.25, 0.3) is 5.91 Å². The van der Waals surface area contributed by atoms with Gasteiger partial charge in [-0.15, -0.1) is 11.8 Å². The number of carbonyl (C=O) groups excluding carboxylic acids is 2. The average Bonchev–Trinajstić information content (AvgIpc) is 2.88. The zero-order valence-corrected chi connectivity index (χ0v) is 23.3. The minimum atomic E-state index is -1.17. The van der Waals surface area contributed by atoms with Gasteiger partial charge in [0.05, 0.1) is 0 Å². The van der Waals surface area contributed by atoms with Crippen molar-refractivity contribution in [2.45, 2.75) is 52.6 Å². The number of amides is 3. The molecule has 0 saturated heterocycles. The number of anilines is 1. The highest BCUT2D eigenvalue weighted by molar-refractivity contribution is 8.14. The fraction of sp³-hybridized carbons (Fsp3) is 0.300. The van der Waals surface area contributed by atoms with Crippen molar-refractivity contribution in [1.29, 1.82) is 0 Å². The summed E-state index contributed by atoms with van der Waals surface area (Å²) in [6.07, 6.45) is 2.17. The van der Waals surface area contributed by atoms with Crippen LogP contribution in [0.1, 0.15) is 67.6 Å². The van der Waals surface area contributed by atoms with Crippen molar-refractivity contribution in [2.75, 3.05) is 11.1 Å². The summed E-state index contributed by atoms with van der Waals surface area (Å²) < 4.78 is 27.5. The molecule has 9 heteroatoms. The third kappa shape index (κ3) is 8.92. The summed E-state index contributed by atoms with van der Waals surface area (Å²) in [5, 5.41) is 9.60. The van der Waals surface area contributed by atoms with E-state index in [1.165, 1.54) is 5.56 Å². The van der Waals surface area contributed by atoms with Gasteiger partial charge in [0.15, 0.2) is 0 Å². The molecule has 3 aromatic carbocycles. The Balaban J connectivity index is 1.58. The molecule has 3 amide bonds. The Bertz CT molecular complexity index is 1280. The first kappa shape index (κ1) is 29.8. The summed E-state index contributed by atoms with van der Waals surface area (Å²) in [4.78, 5) is 29.9. The number of thioether (sulfide) groups is 1. The molecule has 0 spiro atoms. The largest absolute Gasteiger partial charge is 0.390 e. The Morgan fingerprint density at radius 1 is 0.949 bits per heavy atom. The summed E-state index contributed by atoms with van der Waals surface area (Å²) in [7, 11) is 0. The monoisotopic (exact) mass is 553 g/mol. The van der Waals surface area contributed by atoms with Crippen LogP contribution in [0.3, 0.4) is 0 Å². The Kier molecular flexibility index (Phi) is 10.6. The van der Waals surface area contributed by atoms with E-state index in [-0.39, 0.29) is 12.0 Å². The van der Waals surface area contributed by atoms with E-state index in [2.05, 4.69) is 62.4 Å². The number of imide groups is 1. The first-order valence-corrected chi connectivity index (χ1v) is 13.7. The van der Waals surface area contributed by atoms with Crippen LogP contribution >= 0.6 is 11.8 Å². The van der Waals surface area contributed by atoms with Crippen LogP contribution in [0.25, 0.3) is 0 Å². The number of nitrogens with one attached hydrogen (secondary N) is 2. The number of rotatable bonds is 9. The second kappa shape index (κ2) is 13.9. The maximum atomic E-state index is 13.8. The van der Waals surface area contributed by atoms with Gasteiger partial charge in [0.1, 0.15) is 28.8 Å². The van der Waals surface area contributed by atoms with E-state index in [0.717, 1.165) is 53.0 Å². The van der Waals surface area contributed by atoms with Crippen LogP contribution in [0.15, 0.2) is 71.9 Å². The predicted octanol–water partition coefficient (Wildman–Crippen LogP) is 7.64. The number of halogens is 2.